The predicted molar refractivity (Wildman–Crippen MR) is 76.6 cm³/mol. The Balaban J connectivity index is 1.67. The molecular weight excluding hydrogens is 294 g/mol. The summed E-state index contributed by atoms with van der Waals surface area (Å²) in [6.45, 7) is 0. The minimum Gasteiger partial charge on any atom is -0.480 e. The molecule has 1 aromatic carbocycles. The summed E-state index contributed by atoms with van der Waals surface area (Å²) < 4.78 is 11.1. The van der Waals surface area contributed by atoms with E-state index in [4.69, 9.17) is 14.5 Å². The van der Waals surface area contributed by atoms with Gasteiger partial charge in [-0.05, 0) is 12.1 Å². The van der Waals surface area contributed by atoms with Crippen molar-refractivity contribution in [3.05, 3.63) is 36.0 Å². The highest BCUT2D eigenvalue weighted by atomic mass is 32.2. The van der Waals surface area contributed by atoms with Crippen LogP contribution >= 0.6 is 23.5 Å². The van der Waals surface area contributed by atoms with Crippen molar-refractivity contribution in [1.82, 2.24) is 10.1 Å². The van der Waals surface area contributed by atoms with E-state index < -0.39 is 0 Å². The molecule has 1 aliphatic rings. The molecule has 0 saturated heterocycles. The van der Waals surface area contributed by atoms with E-state index in [1.807, 2.05) is 24.3 Å². The Kier molecular flexibility index (Phi) is 4.14. The molecule has 5 nitrogen and oxygen atoms in total. The van der Waals surface area contributed by atoms with Gasteiger partial charge in [-0.15, -0.1) is 23.5 Å². The zero-order valence-corrected chi connectivity index (χ0v) is 12.1. The first kappa shape index (κ1) is 13.3. The Morgan fingerprint density at radius 1 is 1.45 bits per heavy atom. The molecule has 0 amide bonds. The highest BCUT2D eigenvalue weighted by molar-refractivity contribution is 7.99. The normalized spacial score (nSPS) is 17.1. The number of ether oxygens (including phenoxy) is 1. The molecule has 7 heteroatoms. The highest BCUT2D eigenvalue weighted by Gasteiger charge is 2.25. The number of hydrogen-bond acceptors (Lipinski definition) is 7. The van der Waals surface area contributed by atoms with E-state index in [9.17, 15) is 0 Å². The molecule has 2 heterocycles. The number of rotatable bonds is 4. The monoisotopic (exact) mass is 305 g/mol. The third-order valence-corrected chi connectivity index (χ3v) is 4.57. The van der Waals surface area contributed by atoms with Crippen molar-refractivity contribution in [2.75, 3.05) is 11.5 Å². The highest BCUT2D eigenvalue weighted by Crippen LogP contribution is 2.39. The van der Waals surface area contributed by atoms with Crippen molar-refractivity contribution in [2.24, 2.45) is 0 Å². The number of para-hydroxylation sites is 1. The number of hydrogen-bond donors (Lipinski definition) is 0. The van der Waals surface area contributed by atoms with Gasteiger partial charge in [-0.3, -0.25) is 0 Å². The average molecular weight is 305 g/mol. The summed E-state index contributed by atoms with van der Waals surface area (Å²) in [6, 6.07) is 9.99. The molecule has 0 N–H and O–H groups in total. The quantitative estimate of drug-likeness (QED) is 0.804. The number of nitrogens with zero attached hydrogens (tertiary/aromatic N) is 3. The van der Waals surface area contributed by atoms with Crippen LogP contribution in [0.25, 0.3) is 0 Å². The molecule has 3 rings (SSSR count). The molecule has 0 radical (unpaired) electrons. The maximum atomic E-state index is 8.49. The van der Waals surface area contributed by atoms with Gasteiger partial charge in [0.15, 0.2) is 6.10 Å². The van der Waals surface area contributed by atoms with Crippen LogP contribution in [0.3, 0.4) is 0 Å². The zero-order chi connectivity index (χ0) is 13.8. The number of fused-ring (bicyclic) bond motifs is 1. The van der Waals surface area contributed by atoms with Crippen LogP contribution < -0.4 is 4.74 Å². The third-order valence-electron chi connectivity index (χ3n) is 2.67. The topological polar surface area (TPSA) is 71.9 Å². The zero-order valence-electron chi connectivity index (χ0n) is 10.5. The number of aromatic nitrogens is 2. The summed E-state index contributed by atoms with van der Waals surface area (Å²) >= 11 is 3.18. The van der Waals surface area contributed by atoms with Gasteiger partial charge >= 0.3 is 0 Å². The Morgan fingerprint density at radius 3 is 3.25 bits per heavy atom. The molecule has 0 aliphatic carbocycles. The van der Waals surface area contributed by atoms with Crippen molar-refractivity contribution in [1.29, 1.82) is 5.26 Å². The largest absolute Gasteiger partial charge is 0.480 e. The Morgan fingerprint density at radius 2 is 2.35 bits per heavy atom. The van der Waals surface area contributed by atoms with Gasteiger partial charge in [0, 0.05) is 10.6 Å². The molecule has 0 saturated carbocycles. The van der Waals surface area contributed by atoms with Crippen molar-refractivity contribution in [2.45, 2.75) is 16.8 Å². The van der Waals surface area contributed by atoms with E-state index in [0.29, 0.717) is 23.2 Å². The van der Waals surface area contributed by atoms with E-state index in [2.05, 4.69) is 16.2 Å². The smallest absolute Gasteiger partial charge is 0.236 e. The predicted octanol–water partition coefficient (Wildman–Crippen LogP) is 3.05. The van der Waals surface area contributed by atoms with E-state index in [0.717, 1.165) is 16.4 Å². The number of nitriles is 1. The van der Waals surface area contributed by atoms with Crippen molar-refractivity contribution in [3.8, 4) is 11.8 Å². The molecule has 1 unspecified atom stereocenters. The molecule has 0 spiro atoms. The molecule has 0 bridgehead atoms. The summed E-state index contributed by atoms with van der Waals surface area (Å²) in [7, 11) is 0. The van der Waals surface area contributed by atoms with Crippen molar-refractivity contribution >= 4 is 23.5 Å². The van der Waals surface area contributed by atoms with E-state index >= 15 is 0 Å². The molecule has 1 atom stereocenters. The van der Waals surface area contributed by atoms with Crippen LogP contribution in [0.4, 0.5) is 0 Å². The second kappa shape index (κ2) is 6.20. The second-order valence-corrected chi connectivity index (χ2v) is 6.11. The Bertz CT molecular complexity index is 639. The van der Waals surface area contributed by atoms with Gasteiger partial charge in [0.05, 0.1) is 17.6 Å². The fourth-order valence-electron chi connectivity index (χ4n) is 1.79. The number of benzene rings is 1. The van der Waals surface area contributed by atoms with Crippen LogP contribution in [0.15, 0.2) is 33.7 Å². The first-order valence-corrected chi connectivity index (χ1v) is 8.16. The fourth-order valence-corrected chi connectivity index (χ4v) is 3.25. The van der Waals surface area contributed by atoms with Crippen molar-refractivity contribution < 1.29 is 9.26 Å². The van der Waals surface area contributed by atoms with Gasteiger partial charge < -0.3 is 9.26 Å². The summed E-state index contributed by atoms with van der Waals surface area (Å²) in [6.07, 6.45) is -0.187. The Hall–Kier alpha value is -1.65. The maximum absolute atomic E-state index is 8.49. The lowest BCUT2D eigenvalue weighted by atomic mass is 10.3. The molecular formula is C13H11N3O2S2. The van der Waals surface area contributed by atoms with Crippen LogP contribution in [-0.2, 0) is 5.75 Å². The molecule has 102 valence electrons. The molecule has 2 aromatic rings. The van der Waals surface area contributed by atoms with E-state index in [1.54, 1.807) is 11.8 Å². The SMILES string of the molecule is N#CCSCc1nc(C2CSc3ccccc3O2)no1. The van der Waals surface area contributed by atoms with E-state index in [-0.39, 0.29) is 6.10 Å². The second-order valence-electron chi connectivity index (χ2n) is 4.06. The molecule has 1 aliphatic heterocycles. The van der Waals surface area contributed by atoms with E-state index in [1.165, 1.54) is 11.8 Å². The molecule has 1 aromatic heterocycles. The lowest BCUT2D eigenvalue weighted by Crippen LogP contribution is -2.16. The van der Waals surface area contributed by atoms with Gasteiger partial charge in [0.2, 0.25) is 11.7 Å². The molecule has 20 heavy (non-hydrogen) atoms. The van der Waals surface area contributed by atoms with Crippen LogP contribution in [0.1, 0.15) is 17.8 Å². The van der Waals surface area contributed by atoms with Crippen LogP contribution in [0.5, 0.6) is 5.75 Å². The first-order valence-electron chi connectivity index (χ1n) is 6.02. The first-order chi connectivity index (χ1) is 9.86. The van der Waals surface area contributed by atoms with Gasteiger partial charge in [-0.1, -0.05) is 17.3 Å². The van der Waals surface area contributed by atoms with Gasteiger partial charge in [0.1, 0.15) is 5.75 Å². The fraction of sp³-hybridized carbons (Fsp3) is 0.308. The summed E-state index contributed by atoms with van der Waals surface area (Å²) in [4.78, 5) is 5.47. The lowest BCUT2D eigenvalue weighted by Gasteiger charge is -2.22. The van der Waals surface area contributed by atoms with Crippen LogP contribution in [0, 0.1) is 11.3 Å². The van der Waals surface area contributed by atoms with Crippen LogP contribution in [-0.4, -0.2) is 21.6 Å². The lowest BCUT2D eigenvalue weighted by molar-refractivity contribution is 0.205. The minimum atomic E-state index is -0.187. The van der Waals surface area contributed by atoms with Gasteiger partial charge in [-0.25, -0.2) is 0 Å². The standard InChI is InChI=1S/C13H11N3O2S2/c14-5-6-19-8-12-15-13(16-18-12)10-7-20-11-4-2-1-3-9(11)17-10/h1-4,10H,6-8H2. The summed E-state index contributed by atoms with van der Waals surface area (Å²) in [5, 5.41) is 12.5. The summed E-state index contributed by atoms with van der Waals surface area (Å²) in [5.41, 5.74) is 0. The minimum absolute atomic E-state index is 0.187. The van der Waals surface area contributed by atoms with Gasteiger partial charge in [0.25, 0.3) is 0 Å². The molecule has 0 fully saturated rings. The van der Waals surface area contributed by atoms with Crippen LogP contribution in [0.2, 0.25) is 0 Å². The Labute approximate surface area is 124 Å². The van der Waals surface area contributed by atoms with Gasteiger partial charge in [-0.2, -0.15) is 10.2 Å². The average Bonchev–Trinajstić information content (AvgIpc) is 2.96. The number of thioether (sulfide) groups is 2. The summed E-state index contributed by atoms with van der Waals surface area (Å²) in [5.74, 6) is 3.70. The van der Waals surface area contributed by atoms with Crippen molar-refractivity contribution in [3.63, 3.8) is 0 Å². The maximum Gasteiger partial charge on any atom is 0.236 e. The third kappa shape index (κ3) is 2.92.